The van der Waals surface area contributed by atoms with E-state index in [1.807, 2.05) is 13.8 Å². The van der Waals surface area contributed by atoms with Crippen LogP contribution in [0.4, 0.5) is 13.2 Å². The van der Waals surface area contributed by atoms with Gasteiger partial charge in [0, 0.05) is 6.54 Å². The number of halogens is 3. The zero-order chi connectivity index (χ0) is 11.1. The molecule has 4 heteroatoms. The number of hydrogen-bond donors (Lipinski definition) is 0. The molecule has 0 amide bonds. The van der Waals surface area contributed by atoms with Gasteiger partial charge in [0.1, 0.15) is 0 Å². The molecule has 0 spiro atoms. The molecule has 0 aromatic rings. The molecule has 0 bridgehead atoms. The van der Waals surface area contributed by atoms with Crippen LogP contribution in [0.25, 0.3) is 0 Å². The Morgan fingerprint density at radius 3 is 1.62 bits per heavy atom. The molecule has 1 unspecified atom stereocenters. The second-order valence-corrected chi connectivity index (χ2v) is 2.91. The largest absolute Gasteiger partial charge is 0.393 e. The van der Waals surface area contributed by atoms with Crippen molar-refractivity contribution >= 4 is 0 Å². The lowest BCUT2D eigenvalue weighted by atomic mass is 10.1. The van der Waals surface area contributed by atoms with E-state index in [1.54, 1.807) is 25.9 Å². The van der Waals surface area contributed by atoms with Crippen molar-refractivity contribution in [2.24, 2.45) is 5.92 Å². The third-order valence-electron chi connectivity index (χ3n) is 1.54. The van der Waals surface area contributed by atoms with Gasteiger partial charge in [0.25, 0.3) is 0 Å². The SMILES string of the molecule is CC.CCC(CN(C)C)C(F)(F)F. The van der Waals surface area contributed by atoms with Gasteiger partial charge in [0.05, 0.1) is 5.92 Å². The van der Waals surface area contributed by atoms with Crippen LogP contribution < -0.4 is 0 Å². The van der Waals surface area contributed by atoms with Gasteiger partial charge in [-0.1, -0.05) is 20.8 Å². The van der Waals surface area contributed by atoms with Gasteiger partial charge >= 0.3 is 6.18 Å². The maximum atomic E-state index is 12.1. The van der Waals surface area contributed by atoms with Gasteiger partial charge in [-0.15, -0.1) is 0 Å². The van der Waals surface area contributed by atoms with Crippen LogP contribution in [-0.2, 0) is 0 Å². The third-order valence-corrected chi connectivity index (χ3v) is 1.54. The summed E-state index contributed by atoms with van der Waals surface area (Å²) in [6, 6.07) is 0. The van der Waals surface area contributed by atoms with E-state index in [1.165, 1.54) is 0 Å². The second kappa shape index (κ2) is 7.18. The quantitative estimate of drug-likeness (QED) is 0.674. The Morgan fingerprint density at radius 2 is 1.54 bits per heavy atom. The van der Waals surface area contributed by atoms with E-state index >= 15 is 0 Å². The molecular formula is C9H20F3N. The maximum Gasteiger partial charge on any atom is 0.393 e. The number of hydrogen-bond acceptors (Lipinski definition) is 1. The zero-order valence-electron chi connectivity index (χ0n) is 9.07. The summed E-state index contributed by atoms with van der Waals surface area (Å²) < 4.78 is 36.2. The van der Waals surface area contributed by atoms with Crippen LogP contribution in [-0.4, -0.2) is 31.7 Å². The van der Waals surface area contributed by atoms with Crippen molar-refractivity contribution in [2.45, 2.75) is 33.4 Å². The van der Waals surface area contributed by atoms with Crippen molar-refractivity contribution in [3.63, 3.8) is 0 Å². The molecular weight excluding hydrogens is 179 g/mol. The molecule has 0 aliphatic rings. The summed E-state index contributed by atoms with van der Waals surface area (Å²) >= 11 is 0. The molecule has 0 rings (SSSR count). The molecule has 0 aliphatic heterocycles. The molecule has 13 heavy (non-hydrogen) atoms. The van der Waals surface area contributed by atoms with Gasteiger partial charge in [0.2, 0.25) is 0 Å². The molecule has 1 nitrogen and oxygen atoms in total. The van der Waals surface area contributed by atoms with Gasteiger partial charge in [-0.2, -0.15) is 13.2 Å². The highest BCUT2D eigenvalue weighted by atomic mass is 19.4. The summed E-state index contributed by atoms with van der Waals surface area (Å²) in [6.07, 6.45) is -3.89. The van der Waals surface area contributed by atoms with Crippen molar-refractivity contribution < 1.29 is 13.2 Å². The van der Waals surface area contributed by atoms with E-state index < -0.39 is 12.1 Å². The molecule has 1 atom stereocenters. The van der Waals surface area contributed by atoms with Gasteiger partial charge in [-0.05, 0) is 20.5 Å². The maximum absolute atomic E-state index is 12.1. The lowest BCUT2D eigenvalue weighted by molar-refractivity contribution is -0.178. The van der Waals surface area contributed by atoms with Crippen molar-refractivity contribution in [3.8, 4) is 0 Å². The summed E-state index contributed by atoms with van der Waals surface area (Å²) in [5, 5.41) is 0. The predicted molar refractivity (Wildman–Crippen MR) is 49.7 cm³/mol. The number of alkyl halides is 3. The first-order valence-corrected chi connectivity index (χ1v) is 4.59. The minimum atomic E-state index is -4.04. The highest BCUT2D eigenvalue weighted by Gasteiger charge is 2.37. The van der Waals surface area contributed by atoms with Crippen LogP contribution in [0.1, 0.15) is 27.2 Å². The van der Waals surface area contributed by atoms with Crippen molar-refractivity contribution in [1.29, 1.82) is 0 Å². The molecule has 0 radical (unpaired) electrons. The Bertz CT molecular complexity index is 110. The first kappa shape index (κ1) is 15.2. The van der Waals surface area contributed by atoms with Crippen LogP contribution in [0.2, 0.25) is 0 Å². The van der Waals surface area contributed by atoms with Gasteiger partial charge in [0.15, 0.2) is 0 Å². The predicted octanol–water partition coefficient (Wildman–Crippen LogP) is 3.16. The van der Waals surface area contributed by atoms with E-state index in [4.69, 9.17) is 0 Å². The van der Waals surface area contributed by atoms with E-state index in [-0.39, 0.29) is 13.0 Å². The van der Waals surface area contributed by atoms with E-state index in [0.29, 0.717) is 0 Å². The first-order valence-electron chi connectivity index (χ1n) is 4.59. The summed E-state index contributed by atoms with van der Waals surface area (Å²) in [5.41, 5.74) is 0. The summed E-state index contributed by atoms with van der Waals surface area (Å²) in [6.45, 7) is 5.64. The van der Waals surface area contributed by atoms with E-state index in [2.05, 4.69) is 0 Å². The Hall–Kier alpha value is -0.250. The van der Waals surface area contributed by atoms with Gasteiger partial charge < -0.3 is 4.90 Å². The lowest BCUT2D eigenvalue weighted by Crippen LogP contribution is -2.32. The fourth-order valence-corrected chi connectivity index (χ4v) is 0.905. The summed E-state index contributed by atoms with van der Waals surface area (Å²) in [4.78, 5) is 1.56. The molecule has 82 valence electrons. The molecule has 0 fully saturated rings. The van der Waals surface area contributed by atoms with Crippen LogP contribution in [0, 0.1) is 5.92 Å². The minimum Gasteiger partial charge on any atom is -0.309 e. The van der Waals surface area contributed by atoms with Crippen LogP contribution in [0.3, 0.4) is 0 Å². The Labute approximate surface area is 78.9 Å². The second-order valence-electron chi connectivity index (χ2n) is 2.91. The fourth-order valence-electron chi connectivity index (χ4n) is 0.905. The van der Waals surface area contributed by atoms with Gasteiger partial charge in [-0.3, -0.25) is 0 Å². The third kappa shape index (κ3) is 8.09. The summed E-state index contributed by atoms with van der Waals surface area (Å²) in [7, 11) is 3.29. The van der Waals surface area contributed by atoms with Crippen molar-refractivity contribution in [2.75, 3.05) is 20.6 Å². The molecule has 0 aliphatic carbocycles. The van der Waals surface area contributed by atoms with Gasteiger partial charge in [-0.25, -0.2) is 0 Å². The van der Waals surface area contributed by atoms with E-state index in [9.17, 15) is 13.2 Å². The zero-order valence-corrected chi connectivity index (χ0v) is 9.07. The highest BCUT2D eigenvalue weighted by molar-refractivity contribution is 4.67. The topological polar surface area (TPSA) is 3.24 Å². The minimum absolute atomic E-state index is 0.0833. The molecule has 0 aromatic heterocycles. The van der Waals surface area contributed by atoms with Crippen molar-refractivity contribution in [1.82, 2.24) is 4.90 Å². The highest BCUT2D eigenvalue weighted by Crippen LogP contribution is 2.28. The standard InChI is InChI=1S/C7H14F3N.C2H6/c1-4-6(5-11(2)3)7(8,9)10;1-2/h6H,4-5H2,1-3H3;1-2H3. The normalized spacial score (nSPS) is 13.6. The first-order chi connectivity index (χ1) is 5.88. The monoisotopic (exact) mass is 199 g/mol. The molecule has 0 heterocycles. The number of nitrogens with zero attached hydrogens (tertiary/aromatic N) is 1. The number of rotatable bonds is 3. The van der Waals surface area contributed by atoms with Crippen molar-refractivity contribution in [3.05, 3.63) is 0 Å². The smallest absolute Gasteiger partial charge is 0.309 e. The molecule has 0 saturated carbocycles. The molecule has 0 N–H and O–H groups in total. The van der Waals surface area contributed by atoms with E-state index in [0.717, 1.165) is 0 Å². The fraction of sp³-hybridized carbons (Fsp3) is 1.00. The average Bonchev–Trinajstić information content (AvgIpc) is 2.01. The summed E-state index contributed by atoms with van der Waals surface area (Å²) in [5.74, 6) is -1.18. The Kier molecular flexibility index (Phi) is 8.42. The molecule has 0 aromatic carbocycles. The van der Waals surface area contributed by atoms with Crippen LogP contribution in [0.15, 0.2) is 0 Å². The lowest BCUT2D eigenvalue weighted by Gasteiger charge is -2.21. The molecule has 0 saturated heterocycles. The Morgan fingerprint density at radius 1 is 1.15 bits per heavy atom. The van der Waals surface area contributed by atoms with Crippen LogP contribution >= 0.6 is 0 Å². The average molecular weight is 199 g/mol. The Balaban J connectivity index is 0. The van der Waals surface area contributed by atoms with Crippen LogP contribution in [0.5, 0.6) is 0 Å².